The number of rotatable bonds is 8. The van der Waals surface area contributed by atoms with E-state index in [1.807, 2.05) is 37.3 Å². The number of methoxy groups -OCH3 is 1. The average Bonchev–Trinajstić information content (AvgIpc) is 2.38. The molecule has 0 N–H and O–H groups in total. The maximum Gasteiger partial charge on any atom is 0.165 e. The van der Waals surface area contributed by atoms with Gasteiger partial charge in [-0.2, -0.15) is 0 Å². The van der Waals surface area contributed by atoms with Crippen LogP contribution in [0.5, 0.6) is 0 Å². The molecule has 1 aromatic rings. The lowest BCUT2D eigenvalue weighted by molar-refractivity contribution is 0.0614. The van der Waals surface area contributed by atoms with Crippen LogP contribution in [0.4, 0.5) is 0 Å². The standard InChI is InChI=1S/C14H20O3/c1-12(8-9-17-11-10-16-2)14(15)13-6-4-3-5-7-13/h3-7,12H,8-11H2,1-2H3. The minimum atomic E-state index is -0.0000510. The molecule has 0 aliphatic heterocycles. The van der Waals surface area contributed by atoms with Crippen LogP contribution in [0.1, 0.15) is 23.7 Å². The summed E-state index contributed by atoms with van der Waals surface area (Å²) in [5.74, 6) is 0.181. The van der Waals surface area contributed by atoms with E-state index in [0.29, 0.717) is 19.8 Å². The Kier molecular flexibility index (Phi) is 6.51. The van der Waals surface area contributed by atoms with Crippen LogP contribution in [0, 0.1) is 5.92 Å². The van der Waals surface area contributed by atoms with Gasteiger partial charge in [0.15, 0.2) is 5.78 Å². The van der Waals surface area contributed by atoms with Crippen LogP contribution in [0.3, 0.4) is 0 Å². The highest BCUT2D eigenvalue weighted by atomic mass is 16.5. The summed E-state index contributed by atoms with van der Waals surface area (Å²) in [5.41, 5.74) is 0.775. The Morgan fingerprint density at radius 1 is 1.18 bits per heavy atom. The molecule has 0 aliphatic rings. The summed E-state index contributed by atoms with van der Waals surface area (Å²) in [7, 11) is 1.64. The zero-order valence-corrected chi connectivity index (χ0v) is 10.5. The van der Waals surface area contributed by atoms with Gasteiger partial charge in [-0.15, -0.1) is 0 Å². The second-order valence-electron chi connectivity index (χ2n) is 4.03. The summed E-state index contributed by atoms with van der Waals surface area (Å²) >= 11 is 0. The Morgan fingerprint density at radius 3 is 2.53 bits per heavy atom. The molecular formula is C14H20O3. The molecular weight excluding hydrogens is 216 g/mol. The second kappa shape index (κ2) is 7.98. The van der Waals surface area contributed by atoms with Gasteiger partial charge in [-0.05, 0) is 6.42 Å². The number of hydrogen-bond acceptors (Lipinski definition) is 3. The highest BCUT2D eigenvalue weighted by Gasteiger charge is 2.14. The van der Waals surface area contributed by atoms with Gasteiger partial charge in [0.2, 0.25) is 0 Å². The topological polar surface area (TPSA) is 35.5 Å². The smallest absolute Gasteiger partial charge is 0.165 e. The molecule has 1 rings (SSSR count). The molecule has 1 aromatic carbocycles. The van der Waals surface area contributed by atoms with Gasteiger partial charge >= 0.3 is 0 Å². The summed E-state index contributed by atoms with van der Waals surface area (Å²) in [6, 6.07) is 9.38. The van der Waals surface area contributed by atoms with Crippen molar-refractivity contribution < 1.29 is 14.3 Å². The van der Waals surface area contributed by atoms with Crippen LogP contribution in [-0.2, 0) is 9.47 Å². The first-order valence-electron chi connectivity index (χ1n) is 5.91. The first-order chi connectivity index (χ1) is 8.25. The number of benzene rings is 1. The fraction of sp³-hybridized carbons (Fsp3) is 0.500. The van der Waals surface area contributed by atoms with Gasteiger partial charge in [-0.3, -0.25) is 4.79 Å². The van der Waals surface area contributed by atoms with Crippen molar-refractivity contribution in [2.24, 2.45) is 5.92 Å². The molecule has 17 heavy (non-hydrogen) atoms. The van der Waals surface area contributed by atoms with Crippen LogP contribution in [-0.4, -0.2) is 32.7 Å². The molecule has 3 nitrogen and oxygen atoms in total. The van der Waals surface area contributed by atoms with Crippen molar-refractivity contribution in [1.82, 2.24) is 0 Å². The third kappa shape index (κ3) is 5.11. The highest BCUT2D eigenvalue weighted by molar-refractivity contribution is 5.97. The molecule has 0 aromatic heterocycles. The summed E-state index contributed by atoms with van der Waals surface area (Å²) in [6.07, 6.45) is 0.747. The maximum absolute atomic E-state index is 12.0. The predicted octanol–water partition coefficient (Wildman–Crippen LogP) is 2.56. The molecule has 0 amide bonds. The Hall–Kier alpha value is -1.19. The van der Waals surface area contributed by atoms with Crippen LogP contribution in [0.15, 0.2) is 30.3 Å². The largest absolute Gasteiger partial charge is 0.382 e. The van der Waals surface area contributed by atoms with E-state index < -0.39 is 0 Å². The van der Waals surface area contributed by atoms with Crippen LogP contribution in [0.2, 0.25) is 0 Å². The van der Waals surface area contributed by atoms with Crippen LogP contribution >= 0.6 is 0 Å². The molecule has 1 unspecified atom stereocenters. The summed E-state index contributed by atoms with van der Waals surface area (Å²) < 4.78 is 10.2. The molecule has 94 valence electrons. The molecule has 1 atom stereocenters. The quantitative estimate of drug-likeness (QED) is 0.514. The van der Waals surface area contributed by atoms with Crippen molar-refractivity contribution in [2.45, 2.75) is 13.3 Å². The van der Waals surface area contributed by atoms with Crippen molar-refractivity contribution >= 4 is 5.78 Å². The molecule has 0 aliphatic carbocycles. The Morgan fingerprint density at radius 2 is 1.88 bits per heavy atom. The van der Waals surface area contributed by atoms with Gasteiger partial charge in [0, 0.05) is 25.2 Å². The molecule has 3 heteroatoms. The van der Waals surface area contributed by atoms with E-state index in [4.69, 9.17) is 9.47 Å². The Labute approximate surface area is 103 Å². The third-order valence-corrected chi connectivity index (χ3v) is 2.63. The molecule has 0 bridgehead atoms. The van der Waals surface area contributed by atoms with Gasteiger partial charge in [-0.1, -0.05) is 37.3 Å². The highest BCUT2D eigenvalue weighted by Crippen LogP contribution is 2.11. The number of hydrogen-bond donors (Lipinski definition) is 0. The normalized spacial score (nSPS) is 12.4. The lowest BCUT2D eigenvalue weighted by Gasteiger charge is -2.10. The second-order valence-corrected chi connectivity index (χ2v) is 4.03. The maximum atomic E-state index is 12.0. The molecule has 0 radical (unpaired) electrons. The van der Waals surface area contributed by atoms with E-state index in [1.165, 1.54) is 0 Å². The van der Waals surface area contributed by atoms with E-state index in [9.17, 15) is 4.79 Å². The summed E-state index contributed by atoms with van der Waals surface area (Å²) in [5, 5.41) is 0. The van der Waals surface area contributed by atoms with Gasteiger partial charge in [0.25, 0.3) is 0 Å². The van der Waals surface area contributed by atoms with Crippen molar-refractivity contribution in [3.8, 4) is 0 Å². The fourth-order valence-corrected chi connectivity index (χ4v) is 1.52. The lowest BCUT2D eigenvalue weighted by atomic mass is 9.97. The number of ketones is 1. The molecule has 0 saturated heterocycles. The minimum Gasteiger partial charge on any atom is -0.382 e. The first-order valence-corrected chi connectivity index (χ1v) is 5.91. The predicted molar refractivity (Wildman–Crippen MR) is 67.2 cm³/mol. The van der Waals surface area contributed by atoms with E-state index in [-0.39, 0.29) is 11.7 Å². The van der Waals surface area contributed by atoms with Gasteiger partial charge in [0.05, 0.1) is 13.2 Å². The lowest BCUT2D eigenvalue weighted by Crippen LogP contribution is -2.14. The number of Topliss-reactive ketones (excluding diaryl/α,β-unsaturated/α-hetero) is 1. The van der Waals surface area contributed by atoms with Crippen molar-refractivity contribution in [2.75, 3.05) is 26.9 Å². The van der Waals surface area contributed by atoms with Crippen molar-refractivity contribution in [1.29, 1.82) is 0 Å². The summed E-state index contributed by atoms with van der Waals surface area (Å²) in [6.45, 7) is 3.72. The number of carbonyl (C=O) groups excluding carboxylic acids is 1. The van der Waals surface area contributed by atoms with Crippen LogP contribution < -0.4 is 0 Å². The Bertz CT molecular complexity index is 321. The Balaban J connectivity index is 2.28. The van der Waals surface area contributed by atoms with E-state index >= 15 is 0 Å². The number of carbonyl (C=O) groups is 1. The SMILES string of the molecule is COCCOCCC(C)C(=O)c1ccccc1. The summed E-state index contributed by atoms with van der Waals surface area (Å²) in [4.78, 5) is 12.0. The van der Waals surface area contributed by atoms with Gasteiger partial charge in [-0.25, -0.2) is 0 Å². The zero-order valence-electron chi connectivity index (χ0n) is 10.5. The molecule has 0 fully saturated rings. The molecule has 0 heterocycles. The van der Waals surface area contributed by atoms with E-state index in [2.05, 4.69) is 0 Å². The van der Waals surface area contributed by atoms with Crippen LogP contribution in [0.25, 0.3) is 0 Å². The van der Waals surface area contributed by atoms with E-state index in [1.54, 1.807) is 7.11 Å². The van der Waals surface area contributed by atoms with Gasteiger partial charge in [0.1, 0.15) is 0 Å². The first kappa shape index (κ1) is 13.9. The molecule has 0 saturated carbocycles. The van der Waals surface area contributed by atoms with Crippen molar-refractivity contribution in [3.63, 3.8) is 0 Å². The van der Waals surface area contributed by atoms with E-state index in [0.717, 1.165) is 12.0 Å². The van der Waals surface area contributed by atoms with Crippen molar-refractivity contribution in [3.05, 3.63) is 35.9 Å². The molecule has 0 spiro atoms. The zero-order chi connectivity index (χ0) is 12.5. The average molecular weight is 236 g/mol. The monoisotopic (exact) mass is 236 g/mol. The third-order valence-electron chi connectivity index (χ3n) is 2.63. The number of ether oxygens (including phenoxy) is 2. The van der Waals surface area contributed by atoms with Gasteiger partial charge < -0.3 is 9.47 Å². The minimum absolute atomic E-state index is 0.0000510. The fourth-order valence-electron chi connectivity index (χ4n) is 1.52.